The van der Waals surface area contributed by atoms with E-state index in [2.05, 4.69) is 20.9 Å². The van der Waals surface area contributed by atoms with Crippen LogP contribution in [0.25, 0.3) is 0 Å². The second-order valence-electron chi connectivity index (χ2n) is 6.59. The number of halogens is 5. The zero-order chi connectivity index (χ0) is 19.0. The van der Waals surface area contributed by atoms with E-state index in [9.17, 15) is 18.0 Å². The standard InChI is InChI=1S/C15H17BrClF3N2O3/c1-14(2,3)25-13(23)22-6-9(24-10(7-22)15(18,19)20)8-4-11(16)21-12(17)5-8/h4-5,9-10H,6-7H2,1-3H3. The molecule has 2 rings (SSSR count). The number of nitrogens with zero attached hydrogens (tertiary/aromatic N) is 2. The molecule has 1 aliphatic rings. The molecule has 0 saturated carbocycles. The van der Waals surface area contributed by atoms with E-state index >= 15 is 0 Å². The quantitative estimate of drug-likeness (QED) is 0.586. The van der Waals surface area contributed by atoms with E-state index in [1.54, 1.807) is 20.8 Å². The van der Waals surface area contributed by atoms with Gasteiger partial charge in [0.15, 0.2) is 6.10 Å². The van der Waals surface area contributed by atoms with Gasteiger partial charge < -0.3 is 14.4 Å². The number of carbonyl (C=O) groups is 1. The zero-order valence-corrected chi connectivity index (χ0v) is 16.1. The highest BCUT2D eigenvalue weighted by Gasteiger charge is 2.47. The van der Waals surface area contributed by atoms with Crippen molar-refractivity contribution in [3.05, 3.63) is 27.5 Å². The molecule has 1 fully saturated rings. The van der Waals surface area contributed by atoms with Crippen LogP contribution < -0.4 is 0 Å². The van der Waals surface area contributed by atoms with E-state index < -0.39 is 36.6 Å². The van der Waals surface area contributed by atoms with Gasteiger partial charge in [-0.05, 0) is 54.4 Å². The lowest BCUT2D eigenvalue weighted by Crippen LogP contribution is -2.53. The van der Waals surface area contributed by atoms with E-state index in [0.29, 0.717) is 10.2 Å². The third-order valence-electron chi connectivity index (χ3n) is 3.27. The Bertz CT molecular complexity index is 632. The predicted octanol–water partition coefficient (Wildman–Crippen LogP) is 4.74. The van der Waals surface area contributed by atoms with Crippen LogP contribution in [0.4, 0.5) is 18.0 Å². The minimum atomic E-state index is -4.62. The summed E-state index contributed by atoms with van der Waals surface area (Å²) in [5.74, 6) is 0. The van der Waals surface area contributed by atoms with Crippen molar-refractivity contribution in [2.24, 2.45) is 0 Å². The molecule has 0 radical (unpaired) electrons. The molecule has 25 heavy (non-hydrogen) atoms. The smallest absolute Gasteiger partial charge is 0.416 e. The highest BCUT2D eigenvalue weighted by molar-refractivity contribution is 9.10. The van der Waals surface area contributed by atoms with Gasteiger partial charge in [0.25, 0.3) is 0 Å². The SMILES string of the molecule is CC(C)(C)OC(=O)N1CC(c2cc(Cl)nc(Br)c2)OC(C(F)(F)F)C1. The van der Waals surface area contributed by atoms with Gasteiger partial charge in [-0.1, -0.05) is 11.6 Å². The number of morpholine rings is 1. The van der Waals surface area contributed by atoms with Crippen LogP contribution in [0, 0.1) is 0 Å². The number of hydrogen-bond acceptors (Lipinski definition) is 4. The molecule has 0 aromatic carbocycles. The van der Waals surface area contributed by atoms with Crippen molar-refractivity contribution >= 4 is 33.6 Å². The number of rotatable bonds is 1. The number of alkyl halides is 3. The molecule has 140 valence electrons. The Morgan fingerprint density at radius 1 is 1.36 bits per heavy atom. The summed E-state index contributed by atoms with van der Waals surface area (Å²) in [7, 11) is 0. The molecule has 0 N–H and O–H groups in total. The van der Waals surface area contributed by atoms with Crippen LogP contribution in [0.1, 0.15) is 32.4 Å². The Morgan fingerprint density at radius 2 is 2.00 bits per heavy atom. The summed E-state index contributed by atoms with van der Waals surface area (Å²) >= 11 is 9.00. The first-order chi connectivity index (χ1) is 11.3. The van der Waals surface area contributed by atoms with Crippen LogP contribution in [0.3, 0.4) is 0 Å². The average Bonchev–Trinajstić information content (AvgIpc) is 2.43. The van der Waals surface area contributed by atoms with Crippen LogP contribution in [-0.2, 0) is 9.47 Å². The van der Waals surface area contributed by atoms with Gasteiger partial charge in [-0.25, -0.2) is 9.78 Å². The molecule has 0 spiro atoms. The van der Waals surface area contributed by atoms with Gasteiger partial charge in [0.1, 0.15) is 21.5 Å². The fourth-order valence-electron chi connectivity index (χ4n) is 2.27. The largest absolute Gasteiger partial charge is 0.444 e. The maximum Gasteiger partial charge on any atom is 0.416 e. The highest BCUT2D eigenvalue weighted by atomic mass is 79.9. The molecule has 1 saturated heterocycles. The second-order valence-corrected chi connectivity index (χ2v) is 7.79. The second kappa shape index (κ2) is 7.28. The van der Waals surface area contributed by atoms with Crippen molar-refractivity contribution in [1.29, 1.82) is 0 Å². The summed E-state index contributed by atoms with van der Waals surface area (Å²) in [5, 5.41) is 0.103. The van der Waals surface area contributed by atoms with Gasteiger partial charge in [-0.2, -0.15) is 13.2 Å². The summed E-state index contributed by atoms with van der Waals surface area (Å²) in [5.41, 5.74) is -0.434. The number of aromatic nitrogens is 1. The molecule has 1 aromatic heterocycles. The van der Waals surface area contributed by atoms with Crippen LogP contribution in [0.5, 0.6) is 0 Å². The Morgan fingerprint density at radius 3 is 2.52 bits per heavy atom. The lowest BCUT2D eigenvalue weighted by atomic mass is 10.1. The molecule has 1 amide bonds. The van der Waals surface area contributed by atoms with E-state index in [1.165, 1.54) is 12.1 Å². The van der Waals surface area contributed by atoms with Gasteiger partial charge >= 0.3 is 12.3 Å². The molecule has 2 heterocycles. The predicted molar refractivity (Wildman–Crippen MR) is 88.4 cm³/mol. The summed E-state index contributed by atoms with van der Waals surface area (Å²) in [6.07, 6.45) is -8.57. The summed E-state index contributed by atoms with van der Waals surface area (Å²) < 4.78 is 50.4. The Hall–Kier alpha value is -1.06. The van der Waals surface area contributed by atoms with Crippen LogP contribution >= 0.6 is 27.5 Å². The molecule has 1 aliphatic heterocycles. The number of hydrogen-bond donors (Lipinski definition) is 0. The first kappa shape index (κ1) is 20.3. The van der Waals surface area contributed by atoms with E-state index in [-0.39, 0.29) is 11.7 Å². The summed E-state index contributed by atoms with van der Waals surface area (Å²) in [6, 6.07) is 2.91. The van der Waals surface area contributed by atoms with E-state index in [0.717, 1.165) is 4.90 Å². The Balaban J connectivity index is 2.29. The molecule has 2 atom stereocenters. The Kier molecular flexibility index (Phi) is 5.90. The lowest BCUT2D eigenvalue weighted by Gasteiger charge is -2.39. The molecule has 5 nitrogen and oxygen atoms in total. The lowest BCUT2D eigenvalue weighted by molar-refractivity contribution is -0.252. The van der Waals surface area contributed by atoms with Gasteiger partial charge in [0.2, 0.25) is 0 Å². The van der Waals surface area contributed by atoms with Gasteiger partial charge in [0.05, 0.1) is 13.1 Å². The maximum atomic E-state index is 13.2. The van der Waals surface area contributed by atoms with Crippen LogP contribution in [0.2, 0.25) is 5.15 Å². The monoisotopic (exact) mass is 444 g/mol. The topological polar surface area (TPSA) is 51.7 Å². The van der Waals surface area contributed by atoms with Crippen molar-refractivity contribution in [2.45, 2.75) is 44.8 Å². The van der Waals surface area contributed by atoms with Crippen LogP contribution in [-0.4, -0.2) is 46.9 Å². The van der Waals surface area contributed by atoms with E-state index in [4.69, 9.17) is 21.1 Å². The normalized spacial score (nSPS) is 22.0. The number of ether oxygens (including phenoxy) is 2. The van der Waals surface area contributed by atoms with Crippen molar-refractivity contribution in [2.75, 3.05) is 13.1 Å². The Labute approximate surface area is 156 Å². The van der Waals surface area contributed by atoms with Gasteiger partial charge in [-0.15, -0.1) is 0 Å². The first-order valence-electron chi connectivity index (χ1n) is 7.38. The fourth-order valence-corrected chi connectivity index (χ4v) is 3.04. The third kappa shape index (κ3) is 5.72. The molecular weight excluding hydrogens is 429 g/mol. The van der Waals surface area contributed by atoms with E-state index in [1.807, 2.05) is 0 Å². The minimum absolute atomic E-state index is 0.0890. The first-order valence-corrected chi connectivity index (χ1v) is 8.55. The van der Waals surface area contributed by atoms with Gasteiger partial charge in [0, 0.05) is 0 Å². The zero-order valence-electron chi connectivity index (χ0n) is 13.7. The number of pyridine rings is 1. The maximum absolute atomic E-state index is 13.2. The molecule has 1 aromatic rings. The summed E-state index contributed by atoms with van der Waals surface area (Å²) in [6.45, 7) is 4.21. The van der Waals surface area contributed by atoms with Crippen LogP contribution in [0.15, 0.2) is 16.7 Å². The van der Waals surface area contributed by atoms with Crippen molar-refractivity contribution in [3.63, 3.8) is 0 Å². The van der Waals surface area contributed by atoms with Crippen molar-refractivity contribution in [1.82, 2.24) is 9.88 Å². The number of carbonyl (C=O) groups excluding carboxylic acids is 1. The summed E-state index contributed by atoms with van der Waals surface area (Å²) in [4.78, 5) is 17.1. The minimum Gasteiger partial charge on any atom is -0.444 e. The highest BCUT2D eigenvalue weighted by Crippen LogP contribution is 2.35. The van der Waals surface area contributed by atoms with Crippen molar-refractivity contribution < 1.29 is 27.4 Å². The molecule has 0 aliphatic carbocycles. The number of amides is 1. The average molecular weight is 446 g/mol. The molecule has 10 heteroatoms. The fraction of sp³-hybridized carbons (Fsp3) is 0.600. The van der Waals surface area contributed by atoms with Crippen molar-refractivity contribution in [3.8, 4) is 0 Å². The molecule has 0 bridgehead atoms. The van der Waals surface area contributed by atoms with Gasteiger partial charge in [-0.3, -0.25) is 0 Å². The molecular formula is C15H17BrClF3N2O3. The third-order valence-corrected chi connectivity index (χ3v) is 3.87. The molecule has 2 unspecified atom stereocenters.